The molecule has 1 aromatic rings. The third-order valence-corrected chi connectivity index (χ3v) is 5.65. The highest BCUT2D eigenvalue weighted by Gasteiger charge is 2.45. The molecule has 0 bridgehead atoms. The molecule has 0 aromatic carbocycles. The van der Waals surface area contributed by atoms with E-state index < -0.39 is 12.1 Å². The van der Waals surface area contributed by atoms with Crippen LogP contribution >= 0.6 is 0 Å². The minimum Gasteiger partial charge on any atom is -0.348 e. The molecule has 0 amide bonds. The number of hydrogen-bond donors (Lipinski definition) is 1. The highest BCUT2D eigenvalue weighted by Crippen LogP contribution is 2.43. The van der Waals surface area contributed by atoms with Crippen molar-refractivity contribution < 1.29 is 13.2 Å². The molecule has 1 aliphatic heterocycles. The maximum atomic E-state index is 13.4. The van der Waals surface area contributed by atoms with Crippen LogP contribution in [0.15, 0.2) is 25.0 Å². The van der Waals surface area contributed by atoms with Crippen LogP contribution in [0, 0.1) is 5.92 Å². The van der Waals surface area contributed by atoms with Gasteiger partial charge in [0.25, 0.3) is 0 Å². The Morgan fingerprint density at radius 1 is 1.24 bits per heavy atom. The van der Waals surface area contributed by atoms with Crippen LogP contribution in [0.3, 0.4) is 0 Å². The lowest BCUT2D eigenvalue weighted by molar-refractivity contribution is -0.178. The summed E-state index contributed by atoms with van der Waals surface area (Å²) in [5, 5.41) is 0. The summed E-state index contributed by atoms with van der Waals surface area (Å²) < 4.78 is 40.1. The second kappa shape index (κ2) is 7.91. The first kappa shape index (κ1) is 18.5. The van der Waals surface area contributed by atoms with E-state index in [2.05, 4.69) is 26.3 Å². The zero-order chi connectivity index (χ0) is 17.9. The number of aromatic nitrogens is 2. The molecule has 2 fully saturated rings. The van der Waals surface area contributed by atoms with Crippen LogP contribution < -0.4 is 0 Å². The quantitative estimate of drug-likeness (QED) is 0.663. The van der Waals surface area contributed by atoms with Crippen LogP contribution in [0.5, 0.6) is 0 Å². The van der Waals surface area contributed by atoms with E-state index in [9.17, 15) is 13.2 Å². The van der Waals surface area contributed by atoms with Crippen molar-refractivity contribution in [3.8, 4) is 0 Å². The first-order valence-corrected chi connectivity index (χ1v) is 9.12. The molecule has 1 N–H and O–H groups in total. The summed E-state index contributed by atoms with van der Waals surface area (Å²) in [6.07, 6.45) is 2.92. The average Bonchev–Trinajstić information content (AvgIpc) is 3.00. The Labute approximate surface area is 147 Å². The van der Waals surface area contributed by atoms with E-state index >= 15 is 0 Å². The maximum Gasteiger partial charge on any atom is 0.391 e. The lowest BCUT2D eigenvalue weighted by Crippen LogP contribution is -2.52. The lowest BCUT2D eigenvalue weighted by atomic mass is 9.88. The highest BCUT2D eigenvalue weighted by molar-refractivity contribution is 5.06. The van der Waals surface area contributed by atoms with Crippen molar-refractivity contribution in [3.05, 3.63) is 30.9 Å². The second-order valence-electron chi connectivity index (χ2n) is 7.18. The number of piperazine rings is 1. The van der Waals surface area contributed by atoms with Crippen molar-refractivity contribution in [3.63, 3.8) is 0 Å². The van der Waals surface area contributed by atoms with Gasteiger partial charge in [0.05, 0.1) is 5.92 Å². The Bertz CT molecular complexity index is 535. The van der Waals surface area contributed by atoms with Gasteiger partial charge in [0.2, 0.25) is 0 Å². The molecular weight excluding hydrogens is 329 g/mol. The first-order chi connectivity index (χ1) is 12.0. The molecule has 1 saturated carbocycles. The summed E-state index contributed by atoms with van der Waals surface area (Å²) in [4.78, 5) is 12.1. The van der Waals surface area contributed by atoms with Crippen LogP contribution in [-0.4, -0.2) is 64.7 Å². The Balaban J connectivity index is 1.75. The number of hydrogen-bond acceptors (Lipinski definition) is 3. The molecule has 2 aliphatic rings. The SMILES string of the molecule is C=CCN1CCN(C2CCCC(C(F)(F)F)CC2c2ncc[nH]2)CC1. The normalized spacial score (nSPS) is 30.1. The zero-order valence-electron chi connectivity index (χ0n) is 14.5. The Morgan fingerprint density at radius 3 is 2.60 bits per heavy atom. The zero-order valence-corrected chi connectivity index (χ0v) is 14.5. The summed E-state index contributed by atoms with van der Waals surface area (Å²) in [6.45, 7) is 8.32. The van der Waals surface area contributed by atoms with E-state index in [0.29, 0.717) is 12.2 Å². The maximum absolute atomic E-state index is 13.4. The number of imidazole rings is 1. The fourth-order valence-corrected chi connectivity index (χ4v) is 4.32. The van der Waals surface area contributed by atoms with Gasteiger partial charge >= 0.3 is 6.18 Å². The minimum atomic E-state index is -4.12. The van der Waals surface area contributed by atoms with Crippen molar-refractivity contribution in [1.29, 1.82) is 0 Å². The summed E-state index contributed by atoms with van der Waals surface area (Å²) >= 11 is 0. The van der Waals surface area contributed by atoms with E-state index in [4.69, 9.17) is 0 Å². The summed E-state index contributed by atoms with van der Waals surface area (Å²) in [6, 6.07) is 0.129. The number of H-pyrrole nitrogens is 1. The summed E-state index contributed by atoms with van der Waals surface area (Å²) in [5.74, 6) is -0.709. The van der Waals surface area contributed by atoms with E-state index in [0.717, 1.165) is 39.1 Å². The third-order valence-electron chi connectivity index (χ3n) is 5.65. The molecule has 7 heteroatoms. The molecule has 0 radical (unpaired) electrons. The van der Waals surface area contributed by atoms with Crippen molar-refractivity contribution in [2.75, 3.05) is 32.7 Å². The molecule has 25 heavy (non-hydrogen) atoms. The van der Waals surface area contributed by atoms with Gasteiger partial charge < -0.3 is 4.98 Å². The van der Waals surface area contributed by atoms with E-state index in [1.165, 1.54) is 0 Å². The van der Waals surface area contributed by atoms with Gasteiger partial charge in [0.1, 0.15) is 5.82 Å². The second-order valence-corrected chi connectivity index (χ2v) is 7.18. The molecule has 3 rings (SSSR count). The smallest absolute Gasteiger partial charge is 0.348 e. The van der Waals surface area contributed by atoms with Gasteiger partial charge in [0, 0.05) is 57.1 Å². The predicted octanol–water partition coefficient (Wildman–Crippen LogP) is 3.42. The number of rotatable bonds is 4. The van der Waals surface area contributed by atoms with E-state index in [-0.39, 0.29) is 24.8 Å². The van der Waals surface area contributed by atoms with Crippen LogP contribution in [0.1, 0.15) is 37.4 Å². The van der Waals surface area contributed by atoms with Crippen LogP contribution in [0.25, 0.3) is 0 Å². The third kappa shape index (κ3) is 4.44. The molecule has 140 valence electrons. The number of aromatic amines is 1. The molecule has 1 saturated heterocycles. The van der Waals surface area contributed by atoms with Crippen molar-refractivity contribution >= 4 is 0 Å². The van der Waals surface area contributed by atoms with Crippen LogP contribution in [0.2, 0.25) is 0 Å². The predicted molar refractivity (Wildman–Crippen MR) is 91.3 cm³/mol. The standard InChI is InChI=1S/C18H27F3N4/c1-2-8-24-9-11-25(12-10-24)16-5-3-4-14(18(19,20)21)13-15(16)17-22-6-7-23-17/h2,6-7,14-16H,1,3-5,8-13H2,(H,22,23). The van der Waals surface area contributed by atoms with Crippen LogP contribution in [-0.2, 0) is 0 Å². The van der Waals surface area contributed by atoms with Crippen molar-refractivity contribution in [2.24, 2.45) is 5.92 Å². The minimum absolute atomic E-state index is 0.129. The Kier molecular flexibility index (Phi) is 5.84. The number of halogens is 3. The molecule has 1 aromatic heterocycles. The van der Waals surface area contributed by atoms with Gasteiger partial charge in [-0.25, -0.2) is 4.98 Å². The molecule has 3 atom stereocenters. The number of nitrogens with one attached hydrogen (secondary N) is 1. The average molecular weight is 356 g/mol. The van der Waals surface area contributed by atoms with Gasteiger partial charge in [-0.3, -0.25) is 9.80 Å². The van der Waals surface area contributed by atoms with Gasteiger partial charge in [-0.2, -0.15) is 13.2 Å². The van der Waals surface area contributed by atoms with E-state index in [1.807, 2.05) is 6.08 Å². The lowest BCUT2D eigenvalue weighted by Gasteiger charge is -2.41. The van der Waals surface area contributed by atoms with Crippen molar-refractivity contribution in [2.45, 2.75) is 43.8 Å². The van der Waals surface area contributed by atoms with Crippen molar-refractivity contribution in [1.82, 2.24) is 19.8 Å². The Morgan fingerprint density at radius 2 is 2.00 bits per heavy atom. The molecule has 4 nitrogen and oxygen atoms in total. The number of alkyl halides is 3. The van der Waals surface area contributed by atoms with Gasteiger partial charge in [0.15, 0.2) is 0 Å². The van der Waals surface area contributed by atoms with Gasteiger partial charge in [-0.05, 0) is 19.3 Å². The molecule has 1 aliphatic carbocycles. The molecule has 2 heterocycles. The monoisotopic (exact) mass is 356 g/mol. The first-order valence-electron chi connectivity index (χ1n) is 9.12. The molecule has 3 unspecified atom stereocenters. The largest absolute Gasteiger partial charge is 0.391 e. The topological polar surface area (TPSA) is 35.2 Å². The number of nitrogens with zero attached hydrogens (tertiary/aromatic N) is 3. The van der Waals surface area contributed by atoms with Crippen LogP contribution in [0.4, 0.5) is 13.2 Å². The Hall–Kier alpha value is -1.34. The molecule has 0 spiro atoms. The van der Waals surface area contributed by atoms with E-state index in [1.54, 1.807) is 12.4 Å². The fraction of sp³-hybridized carbons (Fsp3) is 0.722. The van der Waals surface area contributed by atoms with Gasteiger partial charge in [-0.15, -0.1) is 6.58 Å². The molecular formula is C18H27F3N4. The summed E-state index contributed by atoms with van der Waals surface area (Å²) in [5.41, 5.74) is 0. The highest BCUT2D eigenvalue weighted by atomic mass is 19.4. The van der Waals surface area contributed by atoms with Gasteiger partial charge in [-0.1, -0.05) is 12.5 Å². The summed E-state index contributed by atoms with van der Waals surface area (Å²) in [7, 11) is 0. The fourth-order valence-electron chi connectivity index (χ4n) is 4.32.